The van der Waals surface area contributed by atoms with Gasteiger partial charge in [0.1, 0.15) is 11.7 Å². The molecular formula is C27H35N7O3. The minimum atomic E-state index is -0.623. The Kier molecular flexibility index (Phi) is 6.99. The van der Waals surface area contributed by atoms with Gasteiger partial charge >= 0.3 is 0 Å². The third kappa shape index (κ3) is 5.38. The van der Waals surface area contributed by atoms with E-state index in [-0.39, 0.29) is 29.8 Å². The molecule has 0 aliphatic heterocycles. The van der Waals surface area contributed by atoms with Gasteiger partial charge in [-0.2, -0.15) is 10.2 Å². The number of hydrogen-bond acceptors (Lipinski definition) is 6. The van der Waals surface area contributed by atoms with E-state index >= 15 is 0 Å². The largest absolute Gasteiger partial charge is 0.481 e. The average Bonchev–Trinajstić information content (AvgIpc) is 3.81. The summed E-state index contributed by atoms with van der Waals surface area (Å²) in [5, 5.41) is 14.9. The average molecular weight is 506 g/mol. The van der Waals surface area contributed by atoms with Crippen LogP contribution in [-0.4, -0.2) is 49.5 Å². The van der Waals surface area contributed by atoms with Crippen LogP contribution >= 0.6 is 0 Å². The molecular weight excluding hydrogens is 470 g/mol. The molecule has 3 aromatic heterocycles. The molecule has 10 nitrogen and oxygen atoms in total. The predicted octanol–water partition coefficient (Wildman–Crippen LogP) is 3.85. The van der Waals surface area contributed by atoms with Crippen molar-refractivity contribution in [1.82, 2.24) is 29.9 Å². The van der Waals surface area contributed by atoms with E-state index in [1.807, 2.05) is 32.9 Å². The van der Waals surface area contributed by atoms with Crippen molar-refractivity contribution in [3.05, 3.63) is 54.2 Å². The molecule has 0 spiro atoms. The number of pyridine rings is 1. The Hall–Kier alpha value is -3.69. The lowest BCUT2D eigenvalue weighted by atomic mass is 9.88. The standard InChI is InChI=1S/C27H35N7O3/c1-16(2)34-22(11-13-29-34)25(35)32-24(23(18-7-8-18)19-9-10-19)26(36)31-20-14-30-33(15-20)17(3)21-6-5-12-28-27(21)37-4/h5-6,11-19,23-24H,7-10H2,1-4H3,(H,31,36)(H,32,35). The monoisotopic (exact) mass is 505 g/mol. The number of carbonyl (C=O) groups is 2. The van der Waals surface area contributed by atoms with Gasteiger partial charge in [-0.05, 0) is 82.4 Å². The minimum absolute atomic E-state index is 0.0388. The number of aromatic nitrogens is 5. The van der Waals surface area contributed by atoms with Gasteiger partial charge in [0, 0.05) is 30.2 Å². The second-order valence-corrected chi connectivity index (χ2v) is 10.4. The van der Waals surface area contributed by atoms with Crippen LogP contribution in [0, 0.1) is 17.8 Å². The van der Waals surface area contributed by atoms with Crippen LogP contribution < -0.4 is 15.4 Å². The Morgan fingerprint density at radius 2 is 1.78 bits per heavy atom. The Morgan fingerprint density at radius 1 is 1.05 bits per heavy atom. The van der Waals surface area contributed by atoms with Crippen molar-refractivity contribution in [1.29, 1.82) is 0 Å². The number of hydrogen-bond donors (Lipinski definition) is 2. The molecule has 0 aromatic carbocycles. The first kappa shape index (κ1) is 25.0. The molecule has 2 atom stereocenters. The zero-order valence-corrected chi connectivity index (χ0v) is 21.8. The van der Waals surface area contributed by atoms with Crippen molar-refractivity contribution in [2.24, 2.45) is 17.8 Å². The van der Waals surface area contributed by atoms with E-state index < -0.39 is 6.04 Å². The molecule has 3 heterocycles. The number of methoxy groups -OCH3 is 1. The number of rotatable bonds is 11. The quantitative estimate of drug-likeness (QED) is 0.409. The fraction of sp³-hybridized carbons (Fsp3) is 0.519. The smallest absolute Gasteiger partial charge is 0.270 e. The molecule has 2 aliphatic carbocycles. The lowest BCUT2D eigenvalue weighted by Gasteiger charge is -2.27. The van der Waals surface area contributed by atoms with E-state index in [0.29, 0.717) is 29.1 Å². The summed E-state index contributed by atoms with van der Waals surface area (Å²) in [5.74, 6) is 1.13. The highest BCUT2D eigenvalue weighted by Gasteiger charge is 2.48. The summed E-state index contributed by atoms with van der Waals surface area (Å²) in [6.45, 7) is 5.95. The SMILES string of the molecule is COc1ncccc1C(C)n1cc(NC(=O)C(NC(=O)c2ccnn2C(C)C)C(C2CC2)C2CC2)cn1. The van der Waals surface area contributed by atoms with E-state index in [1.54, 1.807) is 47.3 Å². The molecule has 0 bridgehead atoms. The minimum Gasteiger partial charge on any atom is -0.481 e. The second-order valence-electron chi connectivity index (χ2n) is 10.4. The van der Waals surface area contributed by atoms with Crippen LogP contribution in [0.5, 0.6) is 5.88 Å². The first-order valence-electron chi connectivity index (χ1n) is 13.1. The third-order valence-corrected chi connectivity index (χ3v) is 7.39. The maximum absolute atomic E-state index is 13.7. The molecule has 0 radical (unpaired) electrons. The highest BCUT2D eigenvalue weighted by atomic mass is 16.5. The zero-order valence-electron chi connectivity index (χ0n) is 21.8. The molecule has 10 heteroatoms. The van der Waals surface area contributed by atoms with Crippen LogP contribution in [0.4, 0.5) is 5.69 Å². The van der Waals surface area contributed by atoms with Crippen molar-refractivity contribution < 1.29 is 14.3 Å². The second kappa shape index (κ2) is 10.4. The van der Waals surface area contributed by atoms with E-state index in [1.165, 1.54) is 0 Å². The van der Waals surface area contributed by atoms with E-state index in [9.17, 15) is 9.59 Å². The summed E-state index contributed by atoms with van der Waals surface area (Å²) in [7, 11) is 1.59. The summed E-state index contributed by atoms with van der Waals surface area (Å²) < 4.78 is 8.85. The van der Waals surface area contributed by atoms with Gasteiger partial charge < -0.3 is 15.4 Å². The lowest BCUT2D eigenvalue weighted by molar-refractivity contribution is -0.119. The van der Waals surface area contributed by atoms with Crippen molar-refractivity contribution >= 4 is 17.5 Å². The maximum Gasteiger partial charge on any atom is 0.270 e. The van der Waals surface area contributed by atoms with Gasteiger partial charge in [-0.25, -0.2) is 4.98 Å². The summed E-state index contributed by atoms with van der Waals surface area (Å²) in [4.78, 5) is 31.3. The number of nitrogens with zero attached hydrogens (tertiary/aromatic N) is 5. The molecule has 2 fully saturated rings. The molecule has 2 amide bonds. The fourth-order valence-corrected chi connectivity index (χ4v) is 5.22. The fourth-order valence-electron chi connectivity index (χ4n) is 5.22. The predicted molar refractivity (Wildman–Crippen MR) is 138 cm³/mol. The normalized spacial score (nSPS) is 17.0. The molecule has 0 saturated heterocycles. The summed E-state index contributed by atoms with van der Waals surface area (Å²) in [5.41, 5.74) is 1.93. The molecule has 37 heavy (non-hydrogen) atoms. The first-order chi connectivity index (χ1) is 17.9. The van der Waals surface area contributed by atoms with Crippen LogP contribution in [0.25, 0.3) is 0 Å². The van der Waals surface area contributed by atoms with Crippen molar-refractivity contribution in [2.75, 3.05) is 12.4 Å². The maximum atomic E-state index is 13.7. The Morgan fingerprint density at radius 3 is 2.43 bits per heavy atom. The number of carbonyl (C=O) groups excluding carboxylic acids is 2. The number of amides is 2. The molecule has 2 aliphatic rings. The first-order valence-corrected chi connectivity index (χ1v) is 13.1. The van der Waals surface area contributed by atoms with Crippen LogP contribution in [0.1, 0.15) is 74.6 Å². The lowest BCUT2D eigenvalue weighted by Crippen LogP contribution is -2.50. The van der Waals surface area contributed by atoms with Crippen LogP contribution in [-0.2, 0) is 4.79 Å². The molecule has 5 rings (SSSR count). The Labute approximate surface area is 216 Å². The number of anilines is 1. The Bertz CT molecular complexity index is 1250. The van der Waals surface area contributed by atoms with Crippen molar-refractivity contribution in [3.8, 4) is 5.88 Å². The molecule has 2 N–H and O–H groups in total. The number of ether oxygens (including phenoxy) is 1. The van der Waals surface area contributed by atoms with Gasteiger partial charge in [-0.1, -0.05) is 0 Å². The van der Waals surface area contributed by atoms with Gasteiger partial charge in [0.05, 0.1) is 25.0 Å². The van der Waals surface area contributed by atoms with Gasteiger partial charge in [-0.3, -0.25) is 19.0 Å². The van der Waals surface area contributed by atoms with Gasteiger partial charge in [0.15, 0.2) is 0 Å². The van der Waals surface area contributed by atoms with Gasteiger partial charge in [-0.15, -0.1) is 0 Å². The topological polar surface area (TPSA) is 116 Å². The molecule has 3 aromatic rings. The molecule has 2 unspecified atom stereocenters. The van der Waals surface area contributed by atoms with Crippen LogP contribution in [0.3, 0.4) is 0 Å². The Balaban J connectivity index is 1.35. The highest BCUT2D eigenvalue weighted by molar-refractivity contribution is 6.00. The summed E-state index contributed by atoms with van der Waals surface area (Å²) in [6.07, 6.45) is 11.2. The van der Waals surface area contributed by atoms with Crippen molar-refractivity contribution in [2.45, 2.75) is 64.6 Å². The van der Waals surface area contributed by atoms with E-state index in [4.69, 9.17) is 4.74 Å². The van der Waals surface area contributed by atoms with Gasteiger partial charge in [0.25, 0.3) is 5.91 Å². The van der Waals surface area contributed by atoms with Crippen LogP contribution in [0.15, 0.2) is 43.0 Å². The van der Waals surface area contributed by atoms with E-state index in [2.05, 4.69) is 25.8 Å². The summed E-state index contributed by atoms with van der Waals surface area (Å²) >= 11 is 0. The third-order valence-electron chi connectivity index (χ3n) is 7.39. The van der Waals surface area contributed by atoms with Crippen LogP contribution in [0.2, 0.25) is 0 Å². The zero-order chi connectivity index (χ0) is 26.1. The van der Waals surface area contributed by atoms with E-state index in [0.717, 1.165) is 31.2 Å². The molecule has 196 valence electrons. The highest BCUT2D eigenvalue weighted by Crippen LogP contribution is 2.51. The van der Waals surface area contributed by atoms with Crippen molar-refractivity contribution in [3.63, 3.8) is 0 Å². The number of nitrogens with one attached hydrogen (secondary N) is 2. The summed E-state index contributed by atoms with van der Waals surface area (Å²) in [6, 6.07) is 4.77. The van der Waals surface area contributed by atoms with Gasteiger partial charge in [0.2, 0.25) is 11.8 Å². The molecule has 2 saturated carbocycles.